The molecule has 0 aliphatic heterocycles. The second-order valence-electron chi connectivity index (χ2n) is 3.44. The van der Waals surface area contributed by atoms with Crippen molar-refractivity contribution < 1.29 is 5.11 Å². The smallest absolute Gasteiger partial charge is 0.0515 e. The normalized spacial score (nSPS) is 36.3. The van der Waals surface area contributed by atoms with Gasteiger partial charge in [-0.2, -0.15) is 0 Å². The molecule has 2 nitrogen and oxygen atoms in total. The summed E-state index contributed by atoms with van der Waals surface area (Å²) in [7, 11) is 0. The molecule has 0 aromatic carbocycles. The minimum absolute atomic E-state index is 0.172. The Morgan fingerprint density at radius 1 is 1.60 bits per heavy atom. The van der Waals surface area contributed by atoms with E-state index in [0.717, 1.165) is 12.8 Å². The Bertz CT molecular complexity index is 103. The van der Waals surface area contributed by atoms with Crippen LogP contribution in [0.3, 0.4) is 0 Å². The lowest BCUT2D eigenvalue weighted by Gasteiger charge is -2.16. The van der Waals surface area contributed by atoms with Gasteiger partial charge in [0.25, 0.3) is 0 Å². The van der Waals surface area contributed by atoms with Crippen LogP contribution in [0.4, 0.5) is 0 Å². The predicted octanol–water partition coefficient (Wildman–Crippen LogP) is 0.885. The molecular weight excluding hydrogens is 126 g/mol. The van der Waals surface area contributed by atoms with Crippen molar-refractivity contribution in [2.24, 2.45) is 11.7 Å². The van der Waals surface area contributed by atoms with E-state index in [2.05, 4.69) is 0 Å². The number of hydrogen-bond donors (Lipinski definition) is 2. The van der Waals surface area contributed by atoms with Crippen LogP contribution in [0.1, 0.15) is 32.6 Å². The van der Waals surface area contributed by atoms with E-state index in [1.54, 1.807) is 0 Å². The monoisotopic (exact) mass is 143 g/mol. The summed E-state index contributed by atoms with van der Waals surface area (Å²) in [5.74, 6) is 0.583. The highest BCUT2D eigenvalue weighted by molar-refractivity contribution is 4.80. The molecule has 3 atom stereocenters. The molecule has 1 aliphatic carbocycles. The van der Waals surface area contributed by atoms with Crippen LogP contribution in [-0.2, 0) is 0 Å². The molecule has 0 saturated heterocycles. The zero-order valence-corrected chi connectivity index (χ0v) is 6.59. The van der Waals surface area contributed by atoms with Crippen molar-refractivity contribution in [2.75, 3.05) is 0 Å². The topological polar surface area (TPSA) is 46.2 Å². The zero-order valence-electron chi connectivity index (χ0n) is 6.59. The molecule has 0 radical (unpaired) electrons. The molecule has 0 aromatic heterocycles. The van der Waals surface area contributed by atoms with E-state index in [-0.39, 0.29) is 6.10 Å². The van der Waals surface area contributed by atoms with Gasteiger partial charge in [-0.15, -0.1) is 0 Å². The number of hydrogen-bond acceptors (Lipinski definition) is 2. The first kappa shape index (κ1) is 8.02. The fourth-order valence-electron chi connectivity index (χ4n) is 1.80. The van der Waals surface area contributed by atoms with Gasteiger partial charge in [0.05, 0.1) is 6.10 Å². The molecule has 0 bridgehead atoms. The van der Waals surface area contributed by atoms with E-state index in [4.69, 9.17) is 10.8 Å². The minimum Gasteiger partial charge on any atom is -0.393 e. The molecule has 0 aromatic rings. The Morgan fingerprint density at radius 3 is 2.70 bits per heavy atom. The van der Waals surface area contributed by atoms with Crippen molar-refractivity contribution in [1.82, 2.24) is 0 Å². The molecule has 2 heteroatoms. The van der Waals surface area contributed by atoms with Crippen LogP contribution in [-0.4, -0.2) is 17.3 Å². The van der Waals surface area contributed by atoms with Gasteiger partial charge in [0.2, 0.25) is 0 Å². The fourth-order valence-corrected chi connectivity index (χ4v) is 1.80. The molecule has 1 rings (SSSR count). The van der Waals surface area contributed by atoms with Crippen LogP contribution in [0, 0.1) is 5.92 Å². The summed E-state index contributed by atoms with van der Waals surface area (Å²) >= 11 is 0. The first-order chi connectivity index (χ1) is 4.70. The quantitative estimate of drug-likeness (QED) is 0.603. The highest BCUT2D eigenvalue weighted by Crippen LogP contribution is 2.27. The lowest BCUT2D eigenvalue weighted by Crippen LogP contribution is -2.26. The third-order valence-electron chi connectivity index (χ3n) is 2.36. The van der Waals surface area contributed by atoms with Crippen molar-refractivity contribution in [1.29, 1.82) is 0 Å². The summed E-state index contributed by atoms with van der Waals surface area (Å²) in [6, 6.07) is 0.356. The second kappa shape index (κ2) is 3.35. The van der Waals surface area contributed by atoms with E-state index in [0.29, 0.717) is 12.0 Å². The van der Waals surface area contributed by atoms with Crippen molar-refractivity contribution in [3.05, 3.63) is 0 Å². The zero-order chi connectivity index (χ0) is 7.56. The third kappa shape index (κ3) is 1.96. The van der Waals surface area contributed by atoms with Crippen molar-refractivity contribution >= 4 is 0 Å². The molecule has 0 heterocycles. The minimum atomic E-state index is -0.172. The van der Waals surface area contributed by atoms with E-state index in [9.17, 15) is 0 Å². The number of nitrogens with two attached hydrogens (primary N) is 1. The molecule has 0 spiro atoms. The SMILES string of the molecule is CC(O)CC1CCCC1N. The third-order valence-corrected chi connectivity index (χ3v) is 2.36. The molecular formula is C8H17NO. The van der Waals surface area contributed by atoms with E-state index >= 15 is 0 Å². The maximum Gasteiger partial charge on any atom is 0.0515 e. The van der Waals surface area contributed by atoms with E-state index in [1.807, 2.05) is 6.92 Å². The fraction of sp³-hybridized carbons (Fsp3) is 1.00. The van der Waals surface area contributed by atoms with Crippen molar-refractivity contribution in [2.45, 2.75) is 44.8 Å². The maximum atomic E-state index is 9.07. The van der Waals surface area contributed by atoms with Gasteiger partial charge < -0.3 is 10.8 Å². The number of aliphatic hydroxyl groups is 1. The average Bonchev–Trinajstić information content (AvgIpc) is 2.15. The van der Waals surface area contributed by atoms with Gasteiger partial charge in [-0.3, -0.25) is 0 Å². The van der Waals surface area contributed by atoms with Gasteiger partial charge >= 0.3 is 0 Å². The molecule has 10 heavy (non-hydrogen) atoms. The summed E-state index contributed by atoms with van der Waals surface area (Å²) in [5.41, 5.74) is 5.82. The van der Waals surface area contributed by atoms with Crippen molar-refractivity contribution in [3.8, 4) is 0 Å². The Hall–Kier alpha value is -0.0800. The molecule has 60 valence electrons. The maximum absolute atomic E-state index is 9.07. The molecule has 3 unspecified atom stereocenters. The highest BCUT2D eigenvalue weighted by atomic mass is 16.3. The molecule has 1 fully saturated rings. The summed E-state index contributed by atoms with van der Waals surface area (Å²) < 4.78 is 0. The van der Waals surface area contributed by atoms with Crippen LogP contribution in [0.25, 0.3) is 0 Å². The summed E-state index contributed by atoms with van der Waals surface area (Å²) in [6.45, 7) is 1.84. The molecule has 0 amide bonds. The highest BCUT2D eigenvalue weighted by Gasteiger charge is 2.24. The summed E-state index contributed by atoms with van der Waals surface area (Å²) in [5, 5.41) is 9.07. The van der Waals surface area contributed by atoms with Crippen LogP contribution < -0.4 is 5.73 Å². The molecule has 3 N–H and O–H groups in total. The Morgan fingerprint density at radius 2 is 2.30 bits per heavy atom. The van der Waals surface area contributed by atoms with Gasteiger partial charge in [-0.25, -0.2) is 0 Å². The van der Waals surface area contributed by atoms with E-state index in [1.165, 1.54) is 12.8 Å². The Kier molecular flexibility index (Phi) is 2.69. The van der Waals surface area contributed by atoms with Crippen LogP contribution in [0.5, 0.6) is 0 Å². The first-order valence-electron chi connectivity index (χ1n) is 4.14. The van der Waals surface area contributed by atoms with Gasteiger partial charge in [0.15, 0.2) is 0 Å². The lowest BCUT2D eigenvalue weighted by atomic mass is 9.97. The largest absolute Gasteiger partial charge is 0.393 e. The van der Waals surface area contributed by atoms with Crippen molar-refractivity contribution in [3.63, 3.8) is 0 Å². The number of rotatable bonds is 2. The Balaban J connectivity index is 2.26. The predicted molar refractivity (Wildman–Crippen MR) is 41.6 cm³/mol. The van der Waals surface area contributed by atoms with Crippen LogP contribution in [0.15, 0.2) is 0 Å². The van der Waals surface area contributed by atoms with Gasteiger partial charge in [-0.05, 0) is 32.1 Å². The lowest BCUT2D eigenvalue weighted by molar-refractivity contribution is 0.157. The average molecular weight is 143 g/mol. The summed E-state index contributed by atoms with van der Waals surface area (Å²) in [4.78, 5) is 0. The van der Waals surface area contributed by atoms with Gasteiger partial charge in [-0.1, -0.05) is 6.42 Å². The molecule has 1 saturated carbocycles. The summed E-state index contributed by atoms with van der Waals surface area (Å²) in [6.07, 6.45) is 4.33. The van der Waals surface area contributed by atoms with Crippen LogP contribution >= 0.6 is 0 Å². The van der Waals surface area contributed by atoms with Gasteiger partial charge in [0, 0.05) is 6.04 Å². The first-order valence-corrected chi connectivity index (χ1v) is 4.14. The second-order valence-corrected chi connectivity index (χ2v) is 3.44. The van der Waals surface area contributed by atoms with Crippen LogP contribution in [0.2, 0.25) is 0 Å². The van der Waals surface area contributed by atoms with Gasteiger partial charge in [0.1, 0.15) is 0 Å². The Labute approximate surface area is 62.4 Å². The standard InChI is InChI=1S/C8H17NO/c1-6(10)5-7-3-2-4-8(7)9/h6-8,10H,2-5,9H2,1H3. The molecule has 1 aliphatic rings. The van der Waals surface area contributed by atoms with E-state index < -0.39 is 0 Å². The number of aliphatic hydroxyl groups excluding tert-OH is 1.